The molecule has 126 valence electrons. The molecule has 1 N–H and O–H groups in total. The minimum absolute atomic E-state index is 0.0370. The number of hydrogen-bond acceptors (Lipinski definition) is 5. The van der Waals surface area contributed by atoms with Crippen molar-refractivity contribution in [1.29, 1.82) is 0 Å². The Hall–Kier alpha value is -1.96. The van der Waals surface area contributed by atoms with E-state index in [0.717, 1.165) is 0 Å². The molecule has 0 fully saturated rings. The summed E-state index contributed by atoms with van der Waals surface area (Å²) in [4.78, 5) is 23.0. The minimum atomic E-state index is -0.548. The van der Waals surface area contributed by atoms with Crippen molar-refractivity contribution in [3.63, 3.8) is 0 Å². The fraction of sp³-hybridized carbons (Fsp3) is 0.133. The smallest absolute Gasteiger partial charge is 0.271 e. The van der Waals surface area contributed by atoms with Gasteiger partial charge in [0.25, 0.3) is 5.69 Å². The Kier molecular flexibility index (Phi) is 6.30. The molecular weight excluding hydrogens is 375 g/mol. The van der Waals surface area contributed by atoms with Gasteiger partial charge in [-0.2, -0.15) is 0 Å². The van der Waals surface area contributed by atoms with Gasteiger partial charge in [0.05, 0.1) is 33.5 Å². The highest BCUT2D eigenvalue weighted by molar-refractivity contribution is 8.00. The van der Waals surface area contributed by atoms with Crippen LogP contribution in [0.25, 0.3) is 0 Å². The molecule has 0 radical (unpaired) electrons. The van der Waals surface area contributed by atoms with Crippen LogP contribution in [0.3, 0.4) is 0 Å². The first-order valence-corrected chi connectivity index (χ1v) is 8.35. The van der Waals surface area contributed by atoms with Gasteiger partial charge in [0.1, 0.15) is 5.75 Å². The zero-order valence-corrected chi connectivity index (χ0v) is 14.7. The van der Waals surface area contributed by atoms with Gasteiger partial charge in [0.2, 0.25) is 5.91 Å². The Balaban J connectivity index is 2.09. The van der Waals surface area contributed by atoms with E-state index in [0.29, 0.717) is 20.7 Å². The van der Waals surface area contributed by atoms with Crippen molar-refractivity contribution in [2.75, 3.05) is 18.2 Å². The van der Waals surface area contributed by atoms with Gasteiger partial charge in [-0.15, -0.1) is 11.8 Å². The van der Waals surface area contributed by atoms with E-state index >= 15 is 0 Å². The Bertz CT molecular complexity index is 766. The predicted molar refractivity (Wildman–Crippen MR) is 95.5 cm³/mol. The average Bonchev–Trinajstić information content (AvgIpc) is 2.54. The number of carbonyl (C=O) groups is 1. The molecule has 0 spiro atoms. The second-order valence-electron chi connectivity index (χ2n) is 4.53. The molecular formula is C15H12Cl2N2O4S. The third kappa shape index (κ3) is 4.53. The van der Waals surface area contributed by atoms with Gasteiger partial charge in [-0.3, -0.25) is 14.9 Å². The summed E-state index contributed by atoms with van der Waals surface area (Å²) < 4.78 is 5.10. The molecule has 0 aromatic heterocycles. The lowest BCUT2D eigenvalue weighted by atomic mass is 10.2. The Morgan fingerprint density at radius 1 is 1.29 bits per heavy atom. The molecule has 2 aromatic carbocycles. The molecule has 0 aliphatic carbocycles. The van der Waals surface area contributed by atoms with Crippen LogP contribution >= 0.6 is 35.0 Å². The van der Waals surface area contributed by atoms with E-state index in [2.05, 4.69) is 5.32 Å². The molecule has 0 saturated heterocycles. The maximum atomic E-state index is 12.1. The van der Waals surface area contributed by atoms with Gasteiger partial charge < -0.3 is 10.1 Å². The summed E-state index contributed by atoms with van der Waals surface area (Å²) in [5.41, 5.74) is 0.0791. The van der Waals surface area contributed by atoms with Crippen LogP contribution < -0.4 is 10.1 Å². The van der Waals surface area contributed by atoms with Crippen LogP contribution in [0.1, 0.15) is 0 Å². The zero-order chi connectivity index (χ0) is 17.7. The Morgan fingerprint density at radius 3 is 2.54 bits per heavy atom. The summed E-state index contributed by atoms with van der Waals surface area (Å²) in [6.45, 7) is 0. The van der Waals surface area contributed by atoms with Gasteiger partial charge in [-0.1, -0.05) is 29.3 Å². The van der Waals surface area contributed by atoms with Gasteiger partial charge >= 0.3 is 0 Å². The topological polar surface area (TPSA) is 81.5 Å². The predicted octanol–water partition coefficient (Wildman–Crippen LogP) is 4.64. The van der Waals surface area contributed by atoms with E-state index in [9.17, 15) is 14.9 Å². The number of halogens is 2. The van der Waals surface area contributed by atoms with E-state index < -0.39 is 4.92 Å². The second kappa shape index (κ2) is 8.23. The molecule has 2 rings (SSSR count). The van der Waals surface area contributed by atoms with E-state index in [-0.39, 0.29) is 23.0 Å². The molecule has 0 bridgehead atoms. The summed E-state index contributed by atoms with van der Waals surface area (Å²) in [6, 6.07) is 9.03. The van der Waals surface area contributed by atoms with E-state index in [1.807, 2.05) is 0 Å². The molecule has 0 saturated carbocycles. The summed E-state index contributed by atoms with van der Waals surface area (Å²) >= 11 is 13.3. The Morgan fingerprint density at radius 2 is 1.96 bits per heavy atom. The zero-order valence-electron chi connectivity index (χ0n) is 12.4. The number of thioether (sulfide) groups is 1. The number of hydrogen-bond donors (Lipinski definition) is 1. The third-order valence-electron chi connectivity index (χ3n) is 2.93. The van der Waals surface area contributed by atoms with Gasteiger partial charge in [-0.05, 0) is 18.2 Å². The number of benzene rings is 2. The third-order valence-corrected chi connectivity index (χ3v) is 4.92. The molecule has 0 aliphatic rings. The van der Waals surface area contributed by atoms with Gasteiger partial charge in [0.15, 0.2) is 0 Å². The average molecular weight is 387 g/mol. The second-order valence-corrected chi connectivity index (χ2v) is 6.33. The number of methoxy groups -OCH3 is 1. The van der Waals surface area contributed by atoms with Crippen LogP contribution in [0.2, 0.25) is 10.0 Å². The molecule has 6 nitrogen and oxygen atoms in total. The molecule has 9 heteroatoms. The quantitative estimate of drug-likeness (QED) is 0.444. The molecule has 0 aliphatic heterocycles. The van der Waals surface area contributed by atoms with Gasteiger partial charge in [0, 0.05) is 17.0 Å². The number of anilines is 1. The monoisotopic (exact) mass is 386 g/mol. The molecule has 0 heterocycles. The first-order valence-electron chi connectivity index (χ1n) is 6.61. The molecule has 0 unspecified atom stereocenters. The number of rotatable bonds is 6. The highest BCUT2D eigenvalue weighted by Gasteiger charge is 2.15. The summed E-state index contributed by atoms with van der Waals surface area (Å²) in [5, 5.41) is 14.3. The van der Waals surface area contributed by atoms with Crippen LogP contribution in [0.15, 0.2) is 41.3 Å². The number of non-ortho nitro benzene ring substituents is 1. The summed E-state index contributed by atoms with van der Waals surface area (Å²) in [6.07, 6.45) is 0. The number of nitro benzene ring substituents is 1. The molecule has 24 heavy (non-hydrogen) atoms. The van der Waals surface area contributed by atoms with Crippen molar-refractivity contribution in [3.05, 3.63) is 56.6 Å². The normalized spacial score (nSPS) is 10.3. The standard InChI is InChI=1S/C15H12Cl2N2O4S/c1-23-13-6-5-9(19(21)22)7-12(13)18-14(20)8-24-15-10(16)3-2-4-11(15)17/h2-7H,8H2,1H3,(H,18,20). The van der Waals surface area contributed by atoms with Crippen molar-refractivity contribution in [1.82, 2.24) is 0 Å². The largest absolute Gasteiger partial charge is 0.495 e. The number of nitrogens with one attached hydrogen (secondary N) is 1. The van der Waals surface area contributed by atoms with Crippen molar-refractivity contribution in [2.24, 2.45) is 0 Å². The first-order chi connectivity index (χ1) is 11.4. The highest BCUT2D eigenvalue weighted by Crippen LogP contribution is 2.34. The fourth-order valence-electron chi connectivity index (χ4n) is 1.85. The highest BCUT2D eigenvalue weighted by atomic mass is 35.5. The van der Waals surface area contributed by atoms with Crippen LogP contribution in [0.4, 0.5) is 11.4 Å². The van der Waals surface area contributed by atoms with E-state index in [1.165, 1.54) is 37.1 Å². The van der Waals surface area contributed by atoms with Crippen LogP contribution in [-0.4, -0.2) is 23.7 Å². The fourth-order valence-corrected chi connectivity index (χ4v) is 3.34. The number of nitrogens with zero attached hydrogens (tertiary/aromatic N) is 1. The SMILES string of the molecule is COc1ccc([N+](=O)[O-])cc1NC(=O)CSc1c(Cl)cccc1Cl. The summed E-state index contributed by atoms with van der Waals surface area (Å²) in [5.74, 6) is -0.000487. The van der Waals surface area contributed by atoms with Crippen molar-refractivity contribution < 1.29 is 14.5 Å². The molecule has 0 atom stereocenters. The Labute approximate surface area is 152 Å². The molecule has 2 aromatic rings. The number of ether oxygens (including phenoxy) is 1. The lowest BCUT2D eigenvalue weighted by molar-refractivity contribution is -0.384. The van der Waals surface area contributed by atoms with Crippen LogP contribution in [0.5, 0.6) is 5.75 Å². The van der Waals surface area contributed by atoms with Gasteiger partial charge in [-0.25, -0.2) is 0 Å². The lowest BCUT2D eigenvalue weighted by Crippen LogP contribution is -2.15. The maximum absolute atomic E-state index is 12.1. The number of nitro groups is 1. The minimum Gasteiger partial charge on any atom is -0.495 e. The van der Waals surface area contributed by atoms with E-state index in [1.54, 1.807) is 18.2 Å². The number of carbonyl (C=O) groups excluding carboxylic acids is 1. The lowest BCUT2D eigenvalue weighted by Gasteiger charge is -2.10. The van der Waals surface area contributed by atoms with E-state index in [4.69, 9.17) is 27.9 Å². The van der Waals surface area contributed by atoms with Crippen molar-refractivity contribution in [2.45, 2.75) is 4.90 Å². The first kappa shape index (κ1) is 18.4. The van der Waals surface area contributed by atoms with Crippen LogP contribution in [-0.2, 0) is 4.79 Å². The maximum Gasteiger partial charge on any atom is 0.271 e. The van der Waals surface area contributed by atoms with Crippen molar-refractivity contribution in [3.8, 4) is 5.75 Å². The summed E-state index contributed by atoms with van der Waals surface area (Å²) in [7, 11) is 1.41. The van der Waals surface area contributed by atoms with Crippen molar-refractivity contribution >= 4 is 52.2 Å². The molecule has 1 amide bonds. The number of amides is 1. The van der Waals surface area contributed by atoms with Crippen LogP contribution in [0, 0.1) is 10.1 Å².